The minimum Gasteiger partial charge on any atom is -0.351 e. The molecule has 1 amide bonds. The van der Waals surface area contributed by atoms with Gasteiger partial charge >= 0.3 is 0 Å². The summed E-state index contributed by atoms with van der Waals surface area (Å²) in [5.41, 5.74) is 2.33. The Hall–Kier alpha value is -1.88. The van der Waals surface area contributed by atoms with E-state index in [1.807, 2.05) is 37.3 Å². The number of carbonyl (C=O) groups excluding carboxylic acids is 1. The third-order valence-electron chi connectivity index (χ3n) is 4.83. The van der Waals surface area contributed by atoms with Gasteiger partial charge in [-0.25, -0.2) is 0 Å². The molecule has 5 heteroatoms. The van der Waals surface area contributed by atoms with Gasteiger partial charge in [-0.15, -0.1) is 0 Å². The molecular weight excluding hydrogens is 346 g/mol. The molecule has 1 heterocycles. The van der Waals surface area contributed by atoms with Crippen LogP contribution in [0.2, 0.25) is 5.02 Å². The van der Waals surface area contributed by atoms with Gasteiger partial charge in [0.15, 0.2) is 0 Å². The Kier molecular flexibility index (Phi) is 6.67. The molecule has 0 saturated carbocycles. The number of likely N-dealkylation sites (tertiary alicyclic amines) is 1. The standard InChI is InChI=1S/C21H26ClN3O/c1-16(19-9-5-6-10-20(19)22)23-13-21(26)24-18-11-12-25(15-18)14-17-7-3-2-4-8-17/h2-10,16,18,23H,11-15H2,1H3,(H,24,26)/t16-,18-/m0/s1. The molecule has 1 aliphatic heterocycles. The Morgan fingerprint density at radius 1 is 1.19 bits per heavy atom. The van der Waals surface area contributed by atoms with Crippen LogP contribution in [-0.2, 0) is 11.3 Å². The van der Waals surface area contributed by atoms with Crippen LogP contribution >= 0.6 is 11.6 Å². The van der Waals surface area contributed by atoms with Gasteiger partial charge in [0, 0.05) is 36.7 Å². The fraction of sp³-hybridized carbons (Fsp3) is 0.381. The van der Waals surface area contributed by atoms with Crippen LogP contribution in [0.25, 0.3) is 0 Å². The molecule has 1 aliphatic rings. The first-order valence-corrected chi connectivity index (χ1v) is 9.53. The maximum atomic E-state index is 12.3. The van der Waals surface area contributed by atoms with Gasteiger partial charge in [0.2, 0.25) is 5.91 Å². The number of rotatable bonds is 7. The molecule has 0 spiro atoms. The summed E-state index contributed by atoms with van der Waals surface area (Å²) in [6.07, 6.45) is 0.999. The molecule has 138 valence electrons. The Morgan fingerprint density at radius 2 is 1.92 bits per heavy atom. The highest BCUT2D eigenvalue weighted by atomic mass is 35.5. The lowest BCUT2D eigenvalue weighted by Gasteiger charge is -2.18. The summed E-state index contributed by atoms with van der Waals surface area (Å²) in [6, 6.07) is 18.4. The number of benzene rings is 2. The predicted octanol–water partition coefficient (Wildman–Crippen LogP) is 3.38. The lowest BCUT2D eigenvalue weighted by Crippen LogP contribution is -2.42. The first kappa shape index (κ1) is 18.9. The smallest absolute Gasteiger partial charge is 0.234 e. The molecule has 1 fully saturated rings. The minimum atomic E-state index is 0.0348. The summed E-state index contributed by atoms with van der Waals surface area (Å²) >= 11 is 6.21. The Morgan fingerprint density at radius 3 is 2.69 bits per heavy atom. The maximum absolute atomic E-state index is 12.3. The highest BCUT2D eigenvalue weighted by Crippen LogP contribution is 2.21. The van der Waals surface area contributed by atoms with Gasteiger partial charge in [-0.05, 0) is 30.5 Å². The number of nitrogens with zero attached hydrogens (tertiary/aromatic N) is 1. The van der Waals surface area contributed by atoms with E-state index in [2.05, 4.69) is 39.8 Å². The van der Waals surface area contributed by atoms with E-state index < -0.39 is 0 Å². The third-order valence-corrected chi connectivity index (χ3v) is 5.17. The molecule has 2 N–H and O–H groups in total. The van der Waals surface area contributed by atoms with Crippen molar-refractivity contribution in [2.75, 3.05) is 19.6 Å². The summed E-state index contributed by atoms with van der Waals surface area (Å²) < 4.78 is 0. The van der Waals surface area contributed by atoms with Gasteiger partial charge < -0.3 is 10.6 Å². The average molecular weight is 372 g/mol. The van der Waals surface area contributed by atoms with E-state index in [0.29, 0.717) is 6.54 Å². The van der Waals surface area contributed by atoms with Gasteiger partial charge in [-0.1, -0.05) is 60.1 Å². The molecule has 2 aromatic carbocycles. The van der Waals surface area contributed by atoms with E-state index in [1.165, 1.54) is 5.56 Å². The quantitative estimate of drug-likeness (QED) is 0.784. The lowest BCUT2D eigenvalue weighted by molar-refractivity contribution is -0.121. The van der Waals surface area contributed by atoms with Crippen LogP contribution in [-0.4, -0.2) is 36.5 Å². The van der Waals surface area contributed by atoms with Gasteiger partial charge in [0.1, 0.15) is 0 Å². The predicted molar refractivity (Wildman–Crippen MR) is 106 cm³/mol. The molecule has 26 heavy (non-hydrogen) atoms. The molecule has 2 atom stereocenters. The molecule has 0 bridgehead atoms. The van der Waals surface area contributed by atoms with Gasteiger partial charge in [0.05, 0.1) is 6.54 Å². The number of hydrogen-bond donors (Lipinski definition) is 2. The number of carbonyl (C=O) groups is 1. The second-order valence-electron chi connectivity index (χ2n) is 6.90. The van der Waals surface area contributed by atoms with Crippen molar-refractivity contribution in [1.82, 2.24) is 15.5 Å². The number of amides is 1. The van der Waals surface area contributed by atoms with Crippen molar-refractivity contribution >= 4 is 17.5 Å². The van der Waals surface area contributed by atoms with Crippen molar-refractivity contribution in [3.8, 4) is 0 Å². The van der Waals surface area contributed by atoms with Gasteiger partial charge in [-0.2, -0.15) is 0 Å². The van der Waals surface area contributed by atoms with Crippen molar-refractivity contribution in [3.05, 3.63) is 70.7 Å². The summed E-state index contributed by atoms with van der Waals surface area (Å²) in [5.74, 6) is 0.0375. The molecule has 1 saturated heterocycles. The normalized spacial score (nSPS) is 18.6. The average Bonchev–Trinajstić information content (AvgIpc) is 3.07. The van der Waals surface area contributed by atoms with Gasteiger partial charge in [0.25, 0.3) is 0 Å². The van der Waals surface area contributed by atoms with Crippen LogP contribution in [0.15, 0.2) is 54.6 Å². The van der Waals surface area contributed by atoms with E-state index >= 15 is 0 Å². The molecular formula is C21H26ClN3O. The number of nitrogens with one attached hydrogen (secondary N) is 2. The zero-order chi connectivity index (χ0) is 18.4. The van der Waals surface area contributed by atoms with Crippen LogP contribution in [0, 0.1) is 0 Å². The van der Waals surface area contributed by atoms with Crippen LogP contribution in [0.1, 0.15) is 30.5 Å². The Bertz CT molecular complexity index is 722. The first-order chi connectivity index (χ1) is 12.6. The number of halogens is 1. The van der Waals surface area contributed by atoms with Crippen LogP contribution in [0.4, 0.5) is 0 Å². The molecule has 0 aromatic heterocycles. The maximum Gasteiger partial charge on any atom is 0.234 e. The fourth-order valence-electron chi connectivity index (χ4n) is 3.40. The highest BCUT2D eigenvalue weighted by Gasteiger charge is 2.23. The fourth-order valence-corrected chi connectivity index (χ4v) is 3.70. The van der Waals surface area contributed by atoms with Crippen LogP contribution in [0.5, 0.6) is 0 Å². The second kappa shape index (κ2) is 9.17. The Balaban J connectivity index is 1.41. The SMILES string of the molecule is C[C@H](NCC(=O)N[C@H]1CCN(Cc2ccccc2)C1)c1ccccc1Cl. The molecule has 0 unspecified atom stereocenters. The molecule has 0 aliphatic carbocycles. The zero-order valence-electron chi connectivity index (χ0n) is 15.1. The third kappa shape index (κ3) is 5.31. The monoisotopic (exact) mass is 371 g/mol. The summed E-state index contributed by atoms with van der Waals surface area (Å²) in [4.78, 5) is 14.6. The summed E-state index contributed by atoms with van der Waals surface area (Å²) in [5, 5.41) is 7.12. The molecule has 3 rings (SSSR count). The van der Waals surface area contributed by atoms with Crippen LogP contribution < -0.4 is 10.6 Å². The van der Waals surface area contributed by atoms with Crippen molar-refractivity contribution in [3.63, 3.8) is 0 Å². The van der Waals surface area contributed by atoms with Gasteiger partial charge in [-0.3, -0.25) is 9.69 Å². The van der Waals surface area contributed by atoms with E-state index in [4.69, 9.17) is 11.6 Å². The molecule has 4 nitrogen and oxygen atoms in total. The molecule has 0 radical (unpaired) electrons. The second-order valence-corrected chi connectivity index (χ2v) is 7.31. The van der Waals surface area contributed by atoms with Crippen LogP contribution in [0.3, 0.4) is 0 Å². The van der Waals surface area contributed by atoms with Crippen molar-refractivity contribution < 1.29 is 4.79 Å². The van der Waals surface area contributed by atoms with Crippen molar-refractivity contribution in [2.45, 2.75) is 32.0 Å². The zero-order valence-corrected chi connectivity index (χ0v) is 15.9. The summed E-state index contributed by atoms with van der Waals surface area (Å²) in [7, 11) is 0. The van der Waals surface area contributed by atoms with E-state index in [0.717, 1.165) is 36.6 Å². The van der Waals surface area contributed by atoms with E-state index in [-0.39, 0.29) is 18.0 Å². The van der Waals surface area contributed by atoms with E-state index in [9.17, 15) is 4.79 Å². The first-order valence-electron chi connectivity index (χ1n) is 9.15. The largest absolute Gasteiger partial charge is 0.351 e. The minimum absolute atomic E-state index is 0.0348. The Labute approximate surface area is 160 Å². The van der Waals surface area contributed by atoms with Crippen molar-refractivity contribution in [2.24, 2.45) is 0 Å². The highest BCUT2D eigenvalue weighted by molar-refractivity contribution is 6.31. The molecule has 2 aromatic rings. The van der Waals surface area contributed by atoms with Crippen molar-refractivity contribution in [1.29, 1.82) is 0 Å². The number of hydrogen-bond acceptors (Lipinski definition) is 3. The topological polar surface area (TPSA) is 44.4 Å². The summed E-state index contributed by atoms with van der Waals surface area (Å²) in [6.45, 7) is 5.17. The lowest BCUT2D eigenvalue weighted by atomic mass is 10.1. The van der Waals surface area contributed by atoms with E-state index in [1.54, 1.807) is 0 Å².